The van der Waals surface area contributed by atoms with Gasteiger partial charge < -0.3 is 10.1 Å². The molecule has 0 radical (unpaired) electrons. The van der Waals surface area contributed by atoms with E-state index in [2.05, 4.69) is 47.5 Å². The Morgan fingerprint density at radius 3 is 2.80 bits per heavy atom. The summed E-state index contributed by atoms with van der Waals surface area (Å²) >= 11 is 0. The van der Waals surface area contributed by atoms with Crippen molar-refractivity contribution in [3.8, 4) is 0 Å². The molecule has 20 heavy (non-hydrogen) atoms. The molecule has 0 amide bonds. The van der Waals surface area contributed by atoms with Crippen molar-refractivity contribution >= 4 is 0 Å². The van der Waals surface area contributed by atoms with Gasteiger partial charge in [0.05, 0.1) is 12.6 Å². The molecule has 1 aromatic carbocycles. The highest BCUT2D eigenvalue weighted by Gasteiger charge is 2.45. The van der Waals surface area contributed by atoms with Crippen LogP contribution in [0.1, 0.15) is 24.9 Å². The first-order valence-electron chi connectivity index (χ1n) is 7.85. The summed E-state index contributed by atoms with van der Waals surface area (Å²) in [7, 11) is 1.81. The van der Waals surface area contributed by atoms with Crippen LogP contribution < -0.4 is 5.32 Å². The van der Waals surface area contributed by atoms with Gasteiger partial charge in [0.2, 0.25) is 0 Å². The predicted octanol–water partition coefficient (Wildman–Crippen LogP) is 2.30. The Labute approximate surface area is 122 Å². The number of nitrogens with zero attached hydrogens (tertiary/aromatic N) is 1. The minimum absolute atomic E-state index is 0.400. The number of likely N-dealkylation sites (tertiary alicyclic amines) is 1. The molecule has 2 saturated heterocycles. The summed E-state index contributed by atoms with van der Waals surface area (Å²) < 4.78 is 5.53. The Kier molecular flexibility index (Phi) is 4.39. The second-order valence-electron chi connectivity index (χ2n) is 6.14. The lowest BCUT2D eigenvalue weighted by Crippen LogP contribution is -2.39. The van der Waals surface area contributed by atoms with Gasteiger partial charge in [-0.05, 0) is 36.9 Å². The lowest BCUT2D eigenvalue weighted by molar-refractivity contribution is 0.0718. The van der Waals surface area contributed by atoms with Crippen LogP contribution in [-0.2, 0) is 4.74 Å². The Hall–Kier alpha value is -0.900. The second-order valence-corrected chi connectivity index (χ2v) is 6.14. The molecule has 0 aliphatic carbocycles. The van der Waals surface area contributed by atoms with Gasteiger partial charge in [0.15, 0.2) is 0 Å². The molecule has 2 fully saturated rings. The van der Waals surface area contributed by atoms with Gasteiger partial charge in [-0.2, -0.15) is 0 Å². The third kappa shape index (κ3) is 2.50. The summed E-state index contributed by atoms with van der Waals surface area (Å²) in [6.07, 6.45) is 1.23. The van der Waals surface area contributed by atoms with Gasteiger partial charge in [-0.15, -0.1) is 0 Å². The largest absolute Gasteiger partial charge is 0.383 e. The van der Waals surface area contributed by atoms with E-state index in [1.807, 2.05) is 7.11 Å². The molecule has 0 aromatic heterocycles. The minimum Gasteiger partial charge on any atom is -0.383 e. The van der Waals surface area contributed by atoms with Crippen LogP contribution in [0, 0.1) is 11.8 Å². The molecule has 2 aliphatic heterocycles. The van der Waals surface area contributed by atoms with Crippen LogP contribution in [0.3, 0.4) is 0 Å². The Morgan fingerprint density at radius 1 is 1.30 bits per heavy atom. The summed E-state index contributed by atoms with van der Waals surface area (Å²) in [5.74, 6) is 1.64. The van der Waals surface area contributed by atoms with Crippen LogP contribution in [0.4, 0.5) is 0 Å². The summed E-state index contributed by atoms with van der Waals surface area (Å²) in [6.45, 7) is 6.69. The topological polar surface area (TPSA) is 24.5 Å². The van der Waals surface area contributed by atoms with Gasteiger partial charge in [0.25, 0.3) is 0 Å². The highest BCUT2D eigenvalue weighted by Crippen LogP contribution is 2.39. The van der Waals surface area contributed by atoms with Crippen LogP contribution in [0.5, 0.6) is 0 Å². The highest BCUT2D eigenvalue weighted by molar-refractivity contribution is 5.20. The van der Waals surface area contributed by atoms with E-state index in [-0.39, 0.29) is 0 Å². The first-order valence-corrected chi connectivity index (χ1v) is 7.85. The van der Waals surface area contributed by atoms with Crippen molar-refractivity contribution in [2.24, 2.45) is 11.8 Å². The van der Waals surface area contributed by atoms with Gasteiger partial charge >= 0.3 is 0 Å². The second kappa shape index (κ2) is 6.25. The number of hydrogen-bond donors (Lipinski definition) is 1. The lowest BCUT2D eigenvalue weighted by atomic mass is 9.92. The molecule has 0 saturated carbocycles. The summed E-state index contributed by atoms with van der Waals surface area (Å²) in [5.41, 5.74) is 1.39. The smallest absolute Gasteiger partial charge is 0.0659 e. The zero-order chi connectivity index (χ0) is 13.9. The lowest BCUT2D eigenvalue weighted by Gasteiger charge is -2.34. The van der Waals surface area contributed by atoms with Crippen molar-refractivity contribution in [1.82, 2.24) is 10.2 Å². The normalized spacial score (nSPS) is 31.4. The number of benzene rings is 1. The van der Waals surface area contributed by atoms with E-state index in [9.17, 15) is 0 Å². The van der Waals surface area contributed by atoms with Crippen LogP contribution >= 0.6 is 0 Å². The van der Waals surface area contributed by atoms with Crippen molar-refractivity contribution in [2.75, 3.05) is 33.4 Å². The van der Waals surface area contributed by atoms with Crippen molar-refractivity contribution in [3.63, 3.8) is 0 Å². The number of ether oxygens (including phenoxy) is 1. The summed E-state index contributed by atoms with van der Waals surface area (Å²) in [5, 5.41) is 3.56. The molecule has 0 spiro atoms. The van der Waals surface area contributed by atoms with E-state index in [1.165, 1.54) is 31.6 Å². The molecule has 3 rings (SSSR count). The van der Waals surface area contributed by atoms with Gasteiger partial charge in [-0.3, -0.25) is 4.90 Å². The van der Waals surface area contributed by atoms with E-state index >= 15 is 0 Å². The maximum atomic E-state index is 5.53. The molecule has 4 unspecified atom stereocenters. The third-order valence-corrected chi connectivity index (χ3v) is 5.09. The fraction of sp³-hybridized carbons (Fsp3) is 0.647. The molecule has 110 valence electrons. The van der Waals surface area contributed by atoms with Gasteiger partial charge in [-0.25, -0.2) is 0 Å². The Balaban J connectivity index is 1.84. The number of methoxy groups -OCH3 is 1. The Bertz CT molecular complexity index is 422. The van der Waals surface area contributed by atoms with Gasteiger partial charge in [0, 0.05) is 19.7 Å². The monoisotopic (exact) mass is 274 g/mol. The van der Waals surface area contributed by atoms with Crippen molar-refractivity contribution < 1.29 is 4.74 Å². The molecule has 2 aliphatic rings. The van der Waals surface area contributed by atoms with E-state index in [1.54, 1.807) is 0 Å². The van der Waals surface area contributed by atoms with E-state index < -0.39 is 0 Å². The van der Waals surface area contributed by atoms with Crippen LogP contribution in [0.25, 0.3) is 0 Å². The first kappa shape index (κ1) is 14.1. The molecule has 1 N–H and O–H groups in total. The number of rotatable bonds is 5. The highest BCUT2D eigenvalue weighted by atomic mass is 16.5. The summed E-state index contributed by atoms with van der Waals surface area (Å²) in [4.78, 5) is 2.70. The minimum atomic E-state index is 0.400. The zero-order valence-electron chi connectivity index (χ0n) is 12.6. The third-order valence-electron chi connectivity index (χ3n) is 5.09. The van der Waals surface area contributed by atoms with Crippen LogP contribution in [-0.4, -0.2) is 44.3 Å². The maximum Gasteiger partial charge on any atom is 0.0659 e. The summed E-state index contributed by atoms with van der Waals surface area (Å²) in [6, 6.07) is 11.9. The zero-order valence-corrected chi connectivity index (χ0v) is 12.6. The molecule has 4 atom stereocenters. The molecule has 3 heteroatoms. The molecular formula is C17H26N2O. The maximum absolute atomic E-state index is 5.53. The van der Waals surface area contributed by atoms with Crippen molar-refractivity contribution in [1.29, 1.82) is 0 Å². The first-order chi connectivity index (χ1) is 9.85. The Morgan fingerprint density at radius 2 is 2.10 bits per heavy atom. The van der Waals surface area contributed by atoms with Crippen molar-refractivity contribution in [2.45, 2.75) is 25.4 Å². The molecule has 2 heterocycles. The predicted molar refractivity (Wildman–Crippen MR) is 81.7 cm³/mol. The van der Waals surface area contributed by atoms with E-state index in [0.29, 0.717) is 12.1 Å². The van der Waals surface area contributed by atoms with Crippen LogP contribution in [0.15, 0.2) is 30.3 Å². The fourth-order valence-electron chi connectivity index (χ4n) is 4.17. The molecule has 1 aromatic rings. The number of hydrogen-bond acceptors (Lipinski definition) is 3. The SMILES string of the molecule is CCC1C2CNCC2CN1C(COC)c1ccccc1. The molecule has 0 bridgehead atoms. The molecule has 3 nitrogen and oxygen atoms in total. The van der Waals surface area contributed by atoms with Gasteiger partial charge in [0.1, 0.15) is 0 Å². The quantitative estimate of drug-likeness (QED) is 0.891. The number of fused-ring (bicyclic) bond motifs is 1. The average molecular weight is 274 g/mol. The van der Waals surface area contributed by atoms with Crippen LogP contribution in [0.2, 0.25) is 0 Å². The standard InChI is InChI=1S/C17H26N2O/c1-3-16-15-10-18-9-14(15)11-19(16)17(12-20-2)13-7-5-4-6-8-13/h4-8,14-18H,3,9-12H2,1-2H3. The van der Waals surface area contributed by atoms with E-state index in [4.69, 9.17) is 4.74 Å². The van der Waals surface area contributed by atoms with E-state index in [0.717, 1.165) is 18.4 Å². The molecular weight excluding hydrogens is 248 g/mol. The average Bonchev–Trinajstić information content (AvgIpc) is 3.06. The van der Waals surface area contributed by atoms with Gasteiger partial charge in [-0.1, -0.05) is 37.3 Å². The fourth-order valence-corrected chi connectivity index (χ4v) is 4.17. The van der Waals surface area contributed by atoms with Crippen molar-refractivity contribution in [3.05, 3.63) is 35.9 Å². The number of nitrogens with one attached hydrogen (secondary N) is 1.